The summed E-state index contributed by atoms with van der Waals surface area (Å²) >= 11 is 0. The number of halogens is 12. The van der Waals surface area contributed by atoms with Crippen LogP contribution in [0.1, 0.15) is 0 Å². The summed E-state index contributed by atoms with van der Waals surface area (Å²) in [4.78, 5) is 0. The molecular weight excluding hydrogens is 715 g/mol. The predicted molar refractivity (Wildman–Crippen MR) is 69.7 cm³/mol. The molecule has 12 nitrogen and oxygen atoms in total. The van der Waals surface area contributed by atoms with Crippen molar-refractivity contribution in [3.05, 3.63) is 0 Å². The summed E-state index contributed by atoms with van der Waals surface area (Å²) in [7, 11) is -32.2. The van der Waals surface area contributed by atoms with E-state index in [9.17, 15) is 77.9 Å². The predicted octanol–water partition coefficient (Wildman–Crippen LogP) is 0.619. The van der Waals surface area contributed by atoms with Gasteiger partial charge in [0.1, 0.15) is 0 Å². The van der Waals surface area contributed by atoms with E-state index in [-0.39, 0.29) is 22.4 Å². The molecule has 34 heavy (non-hydrogen) atoms. The molecule has 0 saturated carbocycles. The Hall–Kier alpha value is -0.395. The van der Waals surface area contributed by atoms with Crippen molar-refractivity contribution in [2.75, 3.05) is 0 Å². The molecule has 0 aromatic rings. The fourth-order valence-corrected chi connectivity index (χ4v) is 1.85. The maximum atomic E-state index is 12.0. The molecule has 0 spiro atoms. The normalized spacial score (nSPS) is 14.5. The average molecular weight is 715 g/mol. The van der Waals surface area contributed by atoms with Gasteiger partial charge in [-0.2, -0.15) is 77.9 Å². The molecule has 0 aliphatic heterocycles. The summed E-state index contributed by atoms with van der Waals surface area (Å²) in [5.41, 5.74) is -25.2. The molecule has 0 rings (SSSR count). The largest absolute Gasteiger partial charge is 1.00 e. The summed E-state index contributed by atoms with van der Waals surface area (Å²) in [6.07, 6.45) is 0. The van der Waals surface area contributed by atoms with Crippen LogP contribution < -0.4 is 0 Å². The Balaban J connectivity index is -0.000000910. The van der Waals surface area contributed by atoms with Gasteiger partial charge < -0.3 is 4.55 Å². The molecule has 0 aliphatic rings. The Morgan fingerprint density at radius 3 is 0.706 bits per heavy atom. The monoisotopic (exact) mass is 714 g/mol. The van der Waals surface area contributed by atoms with E-state index < -0.39 is 69.8 Å². The third-order valence-corrected chi connectivity index (χ3v) is 5.25. The van der Waals surface area contributed by atoms with Crippen LogP contribution in [-0.4, -0.2) is 67.6 Å². The minimum absolute atomic E-state index is 0. The van der Waals surface area contributed by atoms with Gasteiger partial charge in [0.05, 0.1) is 0 Å². The van der Waals surface area contributed by atoms with Crippen LogP contribution in [-0.2, 0) is 75.2 Å². The molecule has 0 aromatic heterocycles. The van der Waals surface area contributed by atoms with Crippen LogP contribution >= 0.6 is 0 Å². The van der Waals surface area contributed by atoms with E-state index in [0.717, 1.165) is 0 Å². The Labute approximate surface area is 195 Å². The zero-order chi connectivity index (χ0) is 27.7. The van der Waals surface area contributed by atoms with Crippen molar-refractivity contribution in [3.63, 3.8) is 0 Å². The van der Waals surface area contributed by atoms with Gasteiger partial charge in [-0.1, -0.05) is 0 Å². The second-order valence-corrected chi connectivity index (χ2v) is 10.2. The molecule has 0 unspecified atom stereocenters. The zero-order valence-electron chi connectivity index (χ0n) is 13.9. The van der Waals surface area contributed by atoms with Crippen molar-refractivity contribution < 1.29 is 126 Å². The van der Waals surface area contributed by atoms with Crippen molar-refractivity contribution >= 4 is 47.8 Å². The molecule has 0 aromatic carbocycles. The third kappa shape index (κ3) is 11.6. The maximum Gasteiger partial charge on any atom is 1.00 e. The summed E-state index contributed by atoms with van der Waals surface area (Å²) in [6.45, 7) is 0. The molecule has 0 radical (unpaired) electrons. The molecule has 210 valence electrons. The van der Waals surface area contributed by atoms with Crippen molar-refractivity contribution in [3.8, 4) is 0 Å². The van der Waals surface area contributed by atoms with Gasteiger partial charge in [0.25, 0.3) is 0 Å². The molecule has 0 atom stereocenters. The maximum absolute atomic E-state index is 12.0. The van der Waals surface area contributed by atoms with Crippen molar-refractivity contribution in [1.82, 2.24) is 0 Å². The number of rotatable bonds is 6. The fraction of sp³-hybridized carbons (Fsp3) is 1.00. The second kappa shape index (κ2) is 11.3. The van der Waals surface area contributed by atoms with Crippen molar-refractivity contribution in [1.29, 1.82) is 0 Å². The first-order valence-electron chi connectivity index (χ1n) is 5.79. The first-order valence-corrected chi connectivity index (χ1v) is 11.4. The van der Waals surface area contributed by atoms with Gasteiger partial charge in [-0.05, 0) is 0 Å². The molecule has 0 amide bonds. The van der Waals surface area contributed by atoms with Crippen LogP contribution in [0, 0.1) is 0 Å². The molecule has 0 fully saturated rings. The Bertz CT molecular complexity index is 988. The second-order valence-electron chi connectivity index (χ2n) is 4.18. The molecular formula is C4AgBF12O12S4. The van der Waals surface area contributed by atoms with E-state index in [4.69, 9.17) is 13.0 Å². The molecule has 0 heterocycles. The minimum Gasteiger partial charge on any atom is -0.741 e. The van der Waals surface area contributed by atoms with Gasteiger partial charge in [0.15, 0.2) is 10.1 Å². The van der Waals surface area contributed by atoms with Crippen molar-refractivity contribution in [2.24, 2.45) is 0 Å². The smallest absolute Gasteiger partial charge is 0.741 e. The fourth-order valence-electron chi connectivity index (χ4n) is 0.522. The first kappa shape index (κ1) is 38.1. The van der Waals surface area contributed by atoms with Crippen LogP contribution in [0.15, 0.2) is 0 Å². The number of alkyl halides is 12. The van der Waals surface area contributed by atoms with Gasteiger partial charge in [0, 0.05) is 0 Å². The summed E-state index contributed by atoms with van der Waals surface area (Å²) in [6, 6.07) is 0. The first-order chi connectivity index (χ1) is 13.8. The molecule has 0 aliphatic carbocycles. The summed E-state index contributed by atoms with van der Waals surface area (Å²) in [5.74, 6) is 0. The van der Waals surface area contributed by atoms with Gasteiger partial charge in [-0.15, -0.1) is 0 Å². The summed E-state index contributed by atoms with van der Waals surface area (Å²) in [5, 5.41) is 0. The molecule has 0 saturated heterocycles. The van der Waals surface area contributed by atoms with Gasteiger partial charge in [0.2, 0.25) is 0 Å². The van der Waals surface area contributed by atoms with E-state index in [0.29, 0.717) is 0 Å². The summed E-state index contributed by atoms with van der Waals surface area (Å²) < 4.78 is 237. The van der Waals surface area contributed by atoms with Crippen molar-refractivity contribution in [2.45, 2.75) is 22.0 Å². The topological polar surface area (TPSA) is 187 Å². The van der Waals surface area contributed by atoms with Gasteiger partial charge in [-0.25, -0.2) is 8.42 Å². The number of hydrogen-bond acceptors (Lipinski definition) is 12. The van der Waals surface area contributed by atoms with E-state index in [1.54, 1.807) is 0 Å². The average Bonchev–Trinajstić information content (AvgIpc) is 2.39. The molecule has 0 N–H and O–H groups in total. The number of hydrogen-bond donors (Lipinski definition) is 0. The zero-order valence-corrected chi connectivity index (χ0v) is 18.7. The Morgan fingerprint density at radius 2 is 0.618 bits per heavy atom. The minimum atomic E-state index is -7.15. The molecule has 0 bridgehead atoms. The van der Waals surface area contributed by atoms with E-state index >= 15 is 0 Å². The van der Waals surface area contributed by atoms with Gasteiger partial charge >= 0.3 is 82.1 Å². The van der Waals surface area contributed by atoms with Crippen LogP contribution in [0.5, 0.6) is 0 Å². The van der Waals surface area contributed by atoms with Gasteiger partial charge in [-0.3, -0.25) is 12.3 Å². The Kier molecular flexibility index (Phi) is 12.7. The van der Waals surface area contributed by atoms with E-state index in [2.05, 4.69) is 12.3 Å². The van der Waals surface area contributed by atoms with E-state index in [1.165, 1.54) is 0 Å². The van der Waals surface area contributed by atoms with Crippen LogP contribution in [0.4, 0.5) is 52.7 Å². The van der Waals surface area contributed by atoms with Crippen LogP contribution in [0.25, 0.3) is 0 Å². The quantitative estimate of drug-likeness (QED) is 0.162. The standard InChI is InChI=1S/C3BF9O9S3.CHF3O3S.Ag/c5-1(6,7)23(14,15)20-4(21-24(16,17)2(8,9)10)22-25(18,19)3(11,12)13;2-1(3,4)8(5,6)7;/h;(H,5,6,7);/q;;+1/p-1. The van der Waals surface area contributed by atoms with Crippen LogP contribution in [0.2, 0.25) is 0 Å². The Morgan fingerprint density at radius 1 is 0.471 bits per heavy atom. The van der Waals surface area contributed by atoms with Crippen LogP contribution in [0.3, 0.4) is 0 Å². The SMILES string of the molecule is O=S(=O)(OB(OS(=O)(=O)C(F)(F)F)OS(=O)(=O)C(F)(F)F)C(F)(F)F.O=S(=O)([O-])C(F)(F)F.[Ag+]. The third-order valence-electron chi connectivity index (χ3n) is 1.75. The molecule has 30 heteroatoms. The van der Waals surface area contributed by atoms with E-state index in [1.807, 2.05) is 0 Å².